The zero-order chi connectivity index (χ0) is 13.0. The predicted molar refractivity (Wildman–Crippen MR) is 71.4 cm³/mol. The van der Waals surface area contributed by atoms with Crippen molar-refractivity contribution >= 4 is 33.4 Å². The van der Waals surface area contributed by atoms with Crippen molar-refractivity contribution < 1.29 is 9.18 Å². The highest BCUT2D eigenvalue weighted by Gasteiger charge is 2.17. The molecule has 1 aromatic rings. The standard InChI is InChI=1S/C12H14BrClFNO/c1-8(13)6-7-16(2)12(17)9-4-3-5-10(15)11(9)14/h3-5,8H,6-7H2,1-2H3. The second-order valence-corrected chi connectivity index (χ2v) is 5.84. The van der Waals surface area contributed by atoms with Crippen LogP contribution >= 0.6 is 27.5 Å². The van der Waals surface area contributed by atoms with Gasteiger partial charge in [0, 0.05) is 18.4 Å². The van der Waals surface area contributed by atoms with Gasteiger partial charge in [-0.1, -0.05) is 40.5 Å². The Hall–Kier alpha value is -0.610. The van der Waals surface area contributed by atoms with E-state index in [1.54, 1.807) is 11.9 Å². The number of hydrogen-bond donors (Lipinski definition) is 0. The molecule has 0 aliphatic rings. The fraction of sp³-hybridized carbons (Fsp3) is 0.417. The normalized spacial score (nSPS) is 12.3. The quantitative estimate of drug-likeness (QED) is 0.774. The Balaban J connectivity index is 2.78. The summed E-state index contributed by atoms with van der Waals surface area (Å²) in [4.78, 5) is 13.9. The van der Waals surface area contributed by atoms with E-state index in [1.165, 1.54) is 18.2 Å². The Labute approximate surface area is 114 Å². The maximum Gasteiger partial charge on any atom is 0.255 e. The monoisotopic (exact) mass is 321 g/mol. The summed E-state index contributed by atoms with van der Waals surface area (Å²) in [6.45, 7) is 2.60. The Morgan fingerprint density at radius 1 is 1.59 bits per heavy atom. The fourth-order valence-electron chi connectivity index (χ4n) is 1.35. The second kappa shape index (κ2) is 6.36. The summed E-state index contributed by atoms with van der Waals surface area (Å²) >= 11 is 9.17. The van der Waals surface area contributed by atoms with Crippen LogP contribution in [0.4, 0.5) is 4.39 Å². The molecular weight excluding hydrogens is 308 g/mol. The van der Waals surface area contributed by atoms with E-state index in [4.69, 9.17) is 11.6 Å². The molecule has 0 bridgehead atoms. The molecule has 0 aliphatic heterocycles. The van der Waals surface area contributed by atoms with E-state index in [0.29, 0.717) is 11.4 Å². The van der Waals surface area contributed by atoms with Gasteiger partial charge < -0.3 is 4.90 Å². The average Bonchev–Trinajstić information content (AvgIpc) is 2.28. The first-order valence-electron chi connectivity index (χ1n) is 5.27. The largest absolute Gasteiger partial charge is 0.342 e. The van der Waals surface area contributed by atoms with Gasteiger partial charge >= 0.3 is 0 Å². The molecular formula is C12H14BrClFNO. The van der Waals surface area contributed by atoms with Crippen LogP contribution in [0.1, 0.15) is 23.7 Å². The molecule has 1 aromatic carbocycles. The van der Waals surface area contributed by atoms with Gasteiger partial charge in [-0.25, -0.2) is 4.39 Å². The molecule has 0 saturated heterocycles. The van der Waals surface area contributed by atoms with Crippen molar-refractivity contribution in [1.82, 2.24) is 4.90 Å². The number of benzene rings is 1. The maximum absolute atomic E-state index is 13.2. The molecule has 0 fully saturated rings. The molecule has 5 heteroatoms. The van der Waals surface area contributed by atoms with Crippen LogP contribution in [0.2, 0.25) is 5.02 Å². The van der Waals surface area contributed by atoms with Crippen molar-refractivity contribution in [3.8, 4) is 0 Å². The Morgan fingerprint density at radius 3 is 2.82 bits per heavy atom. The SMILES string of the molecule is CC(Br)CCN(C)C(=O)c1cccc(F)c1Cl. The first-order chi connectivity index (χ1) is 7.93. The summed E-state index contributed by atoms with van der Waals surface area (Å²) in [6.07, 6.45) is 0.829. The molecule has 0 heterocycles. The summed E-state index contributed by atoms with van der Waals surface area (Å²) in [6, 6.07) is 4.25. The fourth-order valence-corrected chi connectivity index (χ4v) is 1.76. The lowest BCUT2D eigenvalue weighted by atomic mass is 10.2. The van der Waals surface area contributed by atoms with E-state index in [2.05, 4.69) is 15.9 Å². The minimum absolute atomic E-state index is 0.115. The van der Waals surface area contributed by atoms with Gasteiger partial charge in [-0.2, -0.15) is 0 Å². The zero-order valence-corrected chi connectivity index (χ0v) is 12.1. The highest BCUT2D eigenvalue weighted by Crippen LogP contribution is 2.21. The summed E-state index contributed by atoms with van der Waals surface area (Å²) in [5.41, 5.74) is 0.205. The molecule has 1 unspecified atom stereocenters. The van der Waals surface area contributed by atoms with Crippen LogP contribution in [0.15, 0.2) is 18.2 Å². The van der Waals surface area contributed by atoms with Gasteiger partial charge in [-0.05, 0) is 18.6 Å². The highest BCUT2D eigenvalue weighted by molar-refractivity contribution is 9.09. The molecule has 17 heavy (non-hydrogen) atoms. The van der Waals surface area contributed by atoms with Crippen molar-refractivity contribution in [3.05, 3.63) is 34.6 Å². The summed E-state index contributed by atoms with van der Waals surface area (Å²) in [5.74, 6) is -0.831. The topological polar surface area (TPSA) is 20.3 Å². The lowest BCUT2D eigenvalue weighted by molar-refractivity contribution is 0.0793. The first kappa shape index (κ1) is 14.5. The number of amides is 1. The molecule has 0 spiro atoms. The minimum atomic E-state index is -0.570. The van der Waals surface area contributed by atoms with E-state index in [9.17, 15) is 9.18 Å². The number of hydrogen-bond acceptors (Lipinski definition) is 1. The smallest absolute Gasteiger partial charge is 0.255 e. The average molecular weight is 323 g/mol. The van der Waals surface area contributed by atoms with E-state index in [1.807, 2.05) is 6.92 Å². The Bertz CT molecular complexity index is 411. The highest BCUT2D eigenvalue weighted by atomic mass is 79.9. The third-order valence-electron chi connectivity index (χ3n) is 2.39. The summed E-state index contributed by atoms with van der Waals surface area (Å²) < 4.78 is 13.2. The number of carbonyl (C=O) groups excluding carboxylic acids is 1. The van der Waals surface area contributed by atoms with Crippen LogP contribution in [0.5, 0.6) is 0 Å². The lowest BCUT2D eigenvalue weighted by Gasteiger charge is -2.18. The minimum Gasteiger partial charge on any atom is -0.342 e. The number of nitrogens with zero attached hydrogens (tertiary/aromatic N) is 1. The molecule has 0 aliphatic carbocycles. The van der Waals surface area contributed by atoms with Crippen LogP contribution in [-0.2, 0) is 0 Å². The zero-order valence-electron chi connectivity index (χ0n) is 9.71. The number of halogens is 3. The van der Waals surface area contributed by atoms with Crippen LogP contribution < -0.4 is 0 Å². The van der Waals surface area contributed by atoms with Gasteiger partial charge in [0.15, 0.2) is 0 Å². The number of rotatable bonds is 4. The van der Waals surface area contributed by atoms with E-state index >= 15 is 0 Å². The third kappa shape index (κ3) is 3.96. The van der Waals surface area contributed by atoms with E-state index in [-0.39, 0.29) is 16.5 Å². The van der Waals surface area contributed by atoms with Crippen molar-refractivity contribution in [2.24, 2.45) is 0 Å². The van der Waals surface area contributed by atoms with Crippen molar-refractivity contribution in [2.45, 2.75) is 18.2 Å². The number of carbonyl (C=O) groups is 1. The molecule has 2 nitrogen and oxygen atoms in total. The van der Waals surface area contributed by atoms with Gasteiger partial charge in [-0.15, -0.1) is 0 Å². The second-order valence-electron chi connectivity index (χ2n) is 3.90. The third-order valence-corrected chi connectivity index (χ3v) is 3.23. The number of alkyl halides is 1. The van der Waals surface area contributed by atoms with Gasteiger partial charge in [0.2, 0.25) is 0 Å². The van der Waals surface area contributed by atoms with Crippen LogP contribution in [0.25, 0.3) is 0 Å². The van der Waals surface area contributed by atoms with Gasteiger partial charge in [0.25, 0.3) is 5.91 Å². The van der Waals surface area contributed by atoms with E-state index < -0.39 is 5.82 Å². The molecule has 0 N–H and O–H groups in total. The molecule has 0 aromatic heterocycles. The molecule has 1 amide bonds. The molecule has 94 valence electrons. The lowest BCUT2D eigenvalue weighted by Crippen LogP contribution is -2.29. The molecule has 0 saturated carbocycles. The Morgan fingerprint density at radius 2 is 2.24 bits per heavy atom. The van der Waals surface area contributed by atoms with E-state index in [0.717, 1.165) is 6.42 Å². The Kier molecular flexibility index (Phi) is 5.40. The van der Waals surface area contributed by atoms with Crippen molar-refractivity contribution in [3.63, 3.8) is 0 Å². The van der Waals surface area contributed by atoms with Crippen molar-refractivity contribution in [2.75, 3.05) is 13.6 Å². The maximum atomic E-state index is 13.2. The van der Waals surface area contributed by atoms with Gasteiger partial charge in [0.05, 0.1) is 10.6 Å². The van der Waals surface area contributed by atoms with Crippen molar-refractivity contribution in [1.29, 1.82) is 0 Å². The summed E-state index contributed by atoms with van der Waals surface area (Å²) in [5, 5.41) is -0.115. The molecule has 0 radical (unpaired) electrons. The summed E-state index contributed by atoms with van der Waals surface area (Å²) in [7, 11) is 1.68. The van der Waals surface area contributed by atoms with Gasteiger partial charge in [-0.3, -0.25) is 4.79 Å². The first-order valence-corrected chi connectivity index (χ1v) is 6.56. The van der Waals surface area contributed by atoms with Crippen LogP contribution in [0, 0.1) is 5.82 Å². The predicted octanol–water partition coefficient (Wildman–Crippen LogP) is 3.72. The van der Waals surface area contributed by atoms with Gasteiger partial charge in [0.1, 0.15) is 5.82 Å². The molecule has 1 rings (SSSR count). The van der Waals surface area contributed by atoms with Crippen LogP contribution in [-0.4, -0.2) is 29.2 Å². The van der Waals surface area contributed by atoms with Crippen LogP contribution in [0.3, 0.4) is 0 Å². The molecule has 1 atom stereocenters.